The second-order valence-electron chi connectivity index (χ2n) is 5.81. The molecule has 0 bridgehead atoms. The lowest BCUT2D eigenvalue weighted by atomic mass is 10.1. The highest BCUT2D eigenvalue weighted by Gasteiger charge is 2.16. The van der Waals surface area contributed by atoms with Crippen molar-refractivity contribution >= 4 is 11.6 Å². The van der Waals surface area contributed by atoms with Gasteiger partial charge in [0.05, 0.1) is 12.1 Å². The first-order chi connectivity index (χ1) is 10.1. The third kappa shape index (κ3) is 5.48. The molecule has 1 aromatic carbocycles. The minimum Gasteiger partial charge on any atom is -0.378 e. The molecule has 2 atom stereocenters. The minimum absolute atomic E-state index is 0.00316. The molecule has 2 unspecified atom stereocenters. The lowest BCUT2D eigenvalue weighted by Gasteiger charge is -2.23. The zero-order valence-electron chi connectivity index (χ0n) is 13.0. The van der Waals surface area contributed by atoms with Gasteiger partial charge in [-0.05, 0) is 58.2 Å². The molecule has 1 aromatic rings. The Hall–Kier alpha value is -1.39. The number of rotatable bonds is 6. The number of aryl methyl sites for hydroxylation is 1. The number of nitrogens with one attached hydrogen (secondary N) is 2. The van der Waals surface area contributed by atoms with Crippen LogP contribution in [0.5, 0.6) is 0 Å². The van der Waals surface area contributed by atoms with Crippen molar-refractivity contribution in [1.82, 2.24) is 5.32 Å². The Morgan fingerprint density at radius 3 is 2.76 bits per heavy atom. The summed E-state index contributed by atoms with van der Waals surface area (Å²) >= 11 is 0. The van der Waals surface area contributed by atoms with Gasteiger partial charge in [-0.15, -0.1) is 0 Å². The summed E-state index contributed by atoms with van der Waals surface area (Å²) in [6.45, 7) is 5.62. The Labute approximate surface area is 127 Å². The Kier molecular flexibility index (Phi) is 6.21. The highest BCUT2D eigenvalue weighted by atomic mass is 16.5. The van der Waals surface area contributed by atoms with E-state index < -0.39 is 0 Å². The maximum absolute atomic E-state index is 12.1. The maximum atomic E-state index is 12.1. The summed E-state index contributed by atoms with van der Waals surface area (Å²) in [4.78, 5) is 12.1. The highest BCUT2D eigenvalue weighted by Crippen LogP contribution is 2.15. The van der Waals surface area contributed by atoms with Gasteiger partial charge in [0.1, 0.15) is 0 Å². The van der Waals surface area contributed by atoms with Gasteiger partial charge in [-0.2, -0.15) is 0 Å². The average molecular weight is 290 g/mol. The van der Waals surface area contributed by atoms with Gasteiger partial charge < -0.3 is 15.4 Å². The Balaban J connectivity index is 1.68. The number of anilines is 1. The smallest absolute Gasteiger partial charge is 0.241 e. The van der Waals surface area contributed by atoms with E-state index in [-0.39, 0.29) is 11.9 Å². The first-order valence-electron chi connectivity index (χ1n) is 7.87. The molecule has 1 amide bonds. The molecular weight excluding hydrogens is 264 g/mol. The molecule has 2 N–H and O–H groups in total. The third-order valence-electron chi connectivity index (χ3n) is 3.90. The molecule has 2 rings (SSSR count). The summed E-state index contributed by atoms with van der Waals surface area (Å²) in [7, 11) is 0. The van der Waals surface area contributed by atoms with Gasteiger partial charge in [0.2, 0.25) is 5.91 Å². The normalized spacial score (nSPS) is 20.0. The predicted molar refractivity (Wildman–Crippen MR) is 85.5 cm³/mol. The zero-order chi connectivity index (χ0) is 15.1. The van der Waals surface area contributed by atoms with Crippen molar-refractivity contribution in [1.29, 1.82) is 0 Å². The van der Waals surface area contributed by atoms with Crippen LogP contribution in [-0.2, 0) is 9.53 Å². The summed E-state index contributed by atoms with van der Waals surface area (Å²) in [5.74, 6) is 0.00316. The van der Waals surface area contributed by atoms with Crippen molar-refractivity contribution in [2.45, 2.75) is 51.7 Å². The van der Waals surface area contributed by atoms with Crippen molar-refractivity contribution in [3.8, 4) is 0 Å². The van der Waals surface area contributed by atoms with E-state index >= 15 is 0 Å². The molecule has 1 aliphatic heterocycles. The van der Waals surface area contributed by atoms with Gasteiger partial charge in [-0.25, -0.2) is 0 Å². The number of hydrogen-bond donors (Lipinski definition) is 2. The second-order valence-corrected chi connectivity index (χ2v) is 5.81. The fourth-order valence-electron chi connectivity index (χ4n) is 2.48. The van der Waals surface area contributed by atoms with Crippen LogP contribution in [0.3, 0.4) is 0 Å². The van der Waals surface area contributed by atoms with E-state index in [0.29, 0.717) is 6.10 Å². The van der Waals surface area contributed by atoms with Crippen LogP contribution < -0.4 is 10.6 Å². The van der Waals surface area contributed by atoms with Crippen LogP contribution in [-0.4, -0.2) is 31.2 Å². The van der Waals surface area contributed by atoms with Crippen molar-refractivity contribution in [2.75, 3.05) is 18.5 Å². The lowest BCUT2D eigenvalue weighted by molar-refractivity contribution is -0.117. The topological polar surface area (TPSA) is 50.4 Å². The summed E-state index contributed by atoms with van der Waals surface area (Å²) < 4.78 is 5.69. The molecule has 0 saturated carbocycles. The molecular formula is C17H26N2O2. The molecule has 1 saturated heterocycles. The van der Waals surface area contributed by atoms with Crippen LogP contribution >= 0.6 is 0 Å². The molecule has 4 nitrogen and oxygen atoms in total. The van der Waals surface area contributed by atoms with Crippen LogP contribution in [0.4, 0.5) is 5.69 Å². The monoisotopic (exact) mass is 290 g/mol. The Morgan fingerprint density at radius 2 is 2.10 bits per heavy atom. The SMILES string of the molecule is Cc1ccc(NC(=O)C(C)NCCC2CCCCO2)cc1. The predicted octanol–water partition coefficient (Wildman–Crippen LogP) is 2.87. The average Bonchev–Trinajstić information content (AvgIpc) is 2.50. The largest absolute Gasteiger partial charge is 0.378 e. The first-order valence-corrected chi connectivity index (χ1v) is 7.87. The van der Waals surface area contributed by atoms with Gasteiger partial charge in [-0.1, -0.05) is 17.7 Å². The minimum atomic E-state index is -0.199. The molecule has 1 heterocycles. The molecule has 21 heavy (non-hydrogen) atoms. The quantitative estimate of drug-likeness (QED) is 0.847. The maximum Gasteiger partial charge on any atom is 0.241 e. The Bertz CT molecular complexity index is 439. The second kappa shape index (κ2) is 8.15. The van der Waals surface area contributed by atoms with Crippen LogP contribution in [0, 0.1) is 6.92 Å². The van der Waals surface area contributed by atoms with Crippen molar-refractivity contribution in [3.63, 3.8) is 0 Å². The Morgan fingerprint density at radius 1 is 1.33 bits per heavy atom. The standard InChI is InChI=1S/C17H26N2O2/c1-13-6-8-15(9-7-13)19-17(20)14(2)18-11-10-16-5-3-4-12-21-16/h6-9,14,16,18H,3-5,10-12H2,1-2H3,(H,19,20). The molecule has 4 heteroatoms. The highest BCUT2D eigenvalue weighted by molar-refractivity contribution is 5.94. The summed E-state index contributed by atoms with van der Waals surface area (Å²) in [6.07, 6.45) is 4.92. The van der Waals surface area contributed by atoms with Crippen LogP contribution in [0.2, 0.25) is 0 Å². The van der Waals surface area contributed by atoms with Gasteiger partial charge in [-0.3, -0.25) is 4.79 Å². The van der Waals surface area contributed by atoms with E-state index in [1.807, 2.05) is 38.1 Å². The van der Waals surface area contributed by atoms with E-state index in [1.165, 1.54) is 18.4 Å². The summed E-state index contributed by atoms with van der Waals surface area (Å²) in [6, 6.07) is 7.64. The first kappa shape index (κ1) is 16.0. The van der Waals surface area contributed by atoms with E-state index in [0.717, 1.165) is 31.7 Å². The number of carbonyl (C=O) groups excluding carboxylic acids is 1. The van der Waals surface area contributed by atoms with Gasteiger partial charge >= 0.3 is 0 Å². The van der Waals surface area contributed by atoms with E-state index in [1.54, 1.807) is 0 Å². The number of amides is 1. The molecule has 0 aromatic heterocycles. The molecule has 0 spiro atoms. The molecule has 116 valence electrons. The van der Waals surface area contributed by atoms with E-state index in [9.17, 15) is 4.79 Å². The molecule has 1 fully saturated rings. The molecule has 1 aliphatic rings. The third-order valence-corrected chi connectivity index (χ3v) is 3.90. The number of benzene rings is 1. The summed E-state index contributed by atoms with van der Waals surface area (Å²) in [5.41, 5.74) is 2.03. The van der Waals surface area contributed by atoms with Crippen molar-refractivity contribution in [3.05, 3.63) is 29.8 Å². The van der Waals surface area contributed by atoms with Crippen LogP contribution in [0.1, 0.15) is 38.2 Å². The molecule has 0 radical (unpaired) electrons. The fraction of sp³-hybridized carbons (Fsp3) is 0.588. The van der Waals surface area contributed by atoms with Crippen LogP contribution in [0.25, 0.3) is 0 Å². The van der Waals surface area contributed by atoms with E-state index in [4.69, 9.17) is 4.74 Å². The van der Waals surface area contributed by atoms with Gasteiger partial charge in [0, 0.05) is 12.3 Å². The van der Waals surface area contributed by atoms with Crippen LogP contribution in [0.15, 0.2) is 24.3 Å². The molecule has 0 aliphatic carbocycles. The van der Waals surface area contributed by atoms with Crippen molar-refractivity contribution < 1.29 is 9.53 Å². The lowest BCUT2D eigenvalue weighted by Crippen LogP contribution is -2.39. The fourth-order valence-corrected chi connectivity index (χ4v) is 2.48. The zero-order valence-corrected chi connectivity index (χ0v) is 13.0. The number of ether oxygens (including phenoxy) is 1. The number of hydrogen-bond acceptors (Lipinski definition) is 3. The van der Waals surface area contributed by atoms with E-state index in [2.05, 4.69) is 10.6 Å². The summed E-state index contributed by atoms with van der Waals surface area (Å²) in [5, 5.41) is 6.19. The van der Waals surface area contributed by atoms with Gasteiger partial charge in [0.25, 0.3) is 0 Å². The van der Waals surface area contributed by atoms with Crippen molar-refractivity contribution in [2.24, 2.45) is 0 Å². The van der Waals surface area contributed by atoms with Gasteiger partial charge in [0.15, 0.2) is 0 Å². The number of carbonyl (C=O) groups is 1.